The molecular formula is C10H18O4S. The Kier molecular flexibility index (Phi) is 2.89. The van der Waals surface area contributed by atoms with Crippen LogP contribution in [-0.4, -0.2) is 30.0 Å². The number of carbonyl (C=O) groups is 1. The Morgan fingerprint density at radius 3 is 2.07 bits per heavy atom. The minimum absolute atomic E-state index is 0.0250. The molecule has 4 nitrogen and oxygen atoms in total. The standard InChI is InChI=1S/C10H18O4S/c1-9(2,3)15(13,14)7-6-10(4-5-10)8(11)12/h4-7H2,1-3H3,(H,11,12). The Labute approximate surface area is 90.6 Å². The summed E-state index contributed by atoms with van der Waals surface area (Å²) in [6.07, 6.45) is 1.48. The third-order valence-electron chi connectivity index (χ3n) is 3.09. The second kappa shape index (κ2) is 3.47. The van der Waals surface area contributed by atoms with Crippen LogP contribution in [0.3, 0.4) is 0 Å². The molecule has 0 unspecified atom stereocenters. The number of hydrogen-bond acceptors (Lipinski definition) is 3. The van der Waals surface area contributed by atoms with Crippen LogP contribution in [0.15, 0.2) is 0 Å². The van der Waals surface area contributed by atoms with Gasteiger partial charge in [-0.1, -0.05) is 0 Å². The molecule has 5 heteroatoms. The summed E-state index contributed by atoms with van der Waals surface area (Å²) in [5.41, 5.74) is -0.738. The van der Waals surface area contributed by atoms with Gasteiger partial charge in [-0.05, 0) is 40.0 Å². The van der Waals surface area contributed by atoms with Crippen LogP contribution in [0, 0.1) is 5.41 Å². The molecule has 0 aromatic heterocycles. The van der Waals surface area contributed by atoms with Crippen molar-refractivity contribution in [3.63, 3.8) is 0 Å². The van der Waals surface area contributed by atoms with Gasteiger partial charge in [0.1, 0.15) is 0 Å². The fraction of sp³-hybridized carbons (Fsp3) is 0.900. The maximum absolute atomic E-state index is 11.8. The number of carboxylic acids is 1. The highest BCUT2D eigenvalue weighted by molar-refractivity contribution is 7.92. The minimum Gasteiger partial charge on any atom is -0.481 e. The lowest BCUT2D eigenvalue weighted by Gasteiger charge is -2.20. The quantitative estimate of drug-likeness (QED) is 0.799. The first kappa shape index (κ1) is 12.5. The van der Waals surface area contributed by atoms with E-state index in [1.807, 2.05) is 0 Å². The number of sulfone groups is 1. The molecule has 1 saturated carbocycles. The van der Waals surface area contributed by atoms with E-state index in [1.165, 1.54) is 0 Å². The zero-order chi connectivity index (χ0) is 11.9. The van der Waals surface area contributed by atoms with Crippen LogP contribution in [0.5, 0.6) is 0 Å². The molecule has 0 radical (unpaired) electrons. The summed E-state index contributed by atoms with van der Waals surface area (Å²) in [6, 6.07) is 0. The van der Waals surface area contributed by atoms with Gasteiger partial charge in [0, 0.05) is 0 Å². The Bertz CT molecular complexity index is 357. The van der Waals surface area contributed by atoms with Crippen LogP contribution in [0.25, 0.3) is 0 Å². The SMILES string of the molecule is CC(C)(C)S(=O)(=O)CCC1(C(=O)O)CC1. The van der Waals surface area contributed by atoms with E-state index in [-0.39, 0.29) is 12.2 Å². The van der Waals surface area contributed by atoms with Gasteiger partial charge in [0.15, 0.2) is 9.84 Å². The topological polar surface area (TPSA) is 71.4 Å². The van der Waals surface area contributed by atoms with Crippen molar-refractivity contribution in [3.05, 3.63) is 0 Å². The number of hydrogen-bond donors (Lipinski definition) is 1. The Hall–Kier alpha value is -0.580. The van der Waals surface area contributed by atoms with Crippen molar-refractivity contribution in [3.8, 4) is 0 Å². The Balaban J connectivity index is 2.63. The fourth-order valence-corrected chi connectivity index (χ4v) is 2.63. The molecule has 0 atom stereocenters. The third kappa shape index (κ3) is 2.51. The summed E-state index contributed by atoms with van der Waals surface area (Å²) in [5.74, 6) is -0.880. The van der Waals surface area contributed by atoms with E-state index >= 15 is 0 Å². The molecule has 0 aromatic rings. The molecule has 1 rings (SSSR count). The molecule has 0 bridgehead atoms. The average Bonchev–Trinajstić information content (AvgIpc) is 2.79. The van der Waals surface area contributed by atoms with Crippen LogP contribution in [0.4, 0.5) is 0 Å². The molecule has 0 spiro atoms. The van der Waals surface area contributed by atoms with Crippen molar-refractivity contribution in [1.82, 2.24) is 0 Å². The zero-order valence-electron chi connectivity index (χ0n) is 9.41. The normalized spacial score (nSPS) is 19.9. The van der Waals surface area contributed by atoms with Gasteiger partial charge in [-0.25, -0.2) is 8.42 Å². The van der Waals surface area contributed by atoms with Crippen LogP contribution in [-0.2, 0) is 14.6 Å². The molecule has 0 aromatic carbocycles. The molecule has 88 valence electrons. The molecule has 0 amide bonds. The first-order chi connectivity index (χ1) is 6.61. The van der Waals surface area contributed by atoms with Gasteiger partial charge >= 0.3 is 5.97 Å². The molecule has 1 fully saturated rings. The highest BCUT2D eigenvalue weighted by Gasteiger charge is 2.50. The second-order valence-electron chi connectivity index (χ2n) is 5.27. The van der Waals surface area contributed by atoms with E-state index in [0.29, 0.717) is 12.8 Å². The Morgan fingerprint density at radius 1 is 1.33 bits per heavy atom. The molecule has 0 saturated heterocycles. The highest BCUT2D eigenvalue weighted by Crippen LogP contribution is 2.49. The van der Waals surface area contributed by atoms with Crippen molar-refractivity contribution in [2.75, 3.05) is 5.75 Å². The van der Waals surface area contributed by atoms with E-state index in [4.69, 9.17) is 5.11 Å². The van der Waals surface area contributed by atoms with Gasteiger partial charge in [-0.3, -0.25) is 4.79 Å². The van der Waals surface area contributed by atoms with Gasteiger partial charge < -0.3 is 5.11 Å². The smallest absolute Gasteiger partial charge is 0.309 e. The molecule has 0 heterocycles. The number of rotatable bonds is 4. The maximum atomic E-state index is 11.8. The van der Waals surface area contributed by atoms with Gasteiger partial charge in [0.25, 0.3) is 0 Å². The monoisotopic (exact) mass is 234 g/mol. The fourth-order valence-electron chi connectivity index (χ4n) is 1.36. The van der Waals surface area contributed by atoms with Crippen LogP contribution in [0.2, 0.25) is 0 Å². The van der Waals surface area contributed by atoms with Crippen molar-refractivity contribution in [2.24, 2.45) is 5.41 Å². The van der Waals surface area contributed by atoms with Crippen molar-refractivity contribution in [1.29, 1.82) is 0 Å². The van der Waals surface area contributed by atoms with Crippen molar-refractivity contribution >= 4 is 15.8 Å². The second-order valence-corrected chi connectivity index (χ2v) is 8.13. The lowest BCUT2D eigenvalue weighted by molar-refractivity contribution is -0.143. The Morgan fingerprint density at radius 2 is 1.80 bits per heavy atom. The van der Waals surface area contributed by atoms with Crippen molar-refractivity contribution < 1.29 is 18.3 Å². The van der Waals surface area contributed by atoms with E-state index in [1.54, 1.807) is 20.8 Å². The summed E-state index contributed by atoms with van der Waals surface area (Å²) in [7, 11) is -3.19. The van der Waals surface area contributed by atoms with Crippen molar-refractivity contribution in [2.45, 2.75) is 44.8 Å². The summed E-state index contributed by atoms with van der Waals surface area (Å²) in [4.78, 5) is 10.9. The summed E-state index contributed by atoms with van der Waals surface area (Å²) >= 11 is 0. The van der Waals surface area contributed by atoms with E-state index in [2.05, 4.69) is 0 Å². The summed E-state index contributed by atoms with van der Waals surface area (Å²) < 4.78 is 22.7. The lowest BCUT2D eigenvalue weighted by Crippen LogP contribution is -2.32. The predicted molar refractivity (Wildman–Crippen MR) is 57.5 cm³/mol. The summed E-state index contributed by atoms with van der Waals surface area (Å²) in [5, 5.41) is 8.91. The van der Waals surface area contributed by atoms with Crippen LogP contribution >= 0.6 is 0 Å². The zero-order valence-corrected chi connectivity index (χ0v) is 10.2. The van der Waals surface area contributed by atoms with E-state index in [9.17, 15) is 13.2 Å². The minimum atomic E-state index is -3.19. The molecule has 1 N–H and O–H groups in total. The predicted octanol–water partition coefficient (Wildman–Crippen LogP) is 1.45. The van der Waals surface area contributed by atoms with Crippen LogP contribution < -0.4 is 0 Å². The highest BCUT2D eigenvalue weighted by atomic mass is 32.2. The van der Waals surface area contributed by atoms with Gasteiger partial charge in [-0.2, -0.15) is 0 Å². The van der Waals surface area contributed by atoms with Gasteiger partial charge in [0.2, 0.25) is 0 Å². The van der Waals surface area contributed by atoms with Crippen LogP contribution in [0.1, 0.15) is 40.0 Å². The molecule has 1 aliphatic carbocycles. The average molecular weight is 234 g/mol. The first-order valence-corrected chi connectivity index (χ1v) is 6.72. The van der Waals surface area contributed by atoms with E-state index in [0.717, 1.165) is 0 Å². The maximum Gasteiger partial charge on any atom is 0.309 e. The molecule has 1 aliphatic rings. The molecule has 15 heavy (non-hydrogen) atoms. The van der Waals surface area contributed by atoms with E-state index < -0.39 is 26.0 Å². The number of carboxylic acid groups (broad SMARTS) is 1. The first-order valence-electron chi connectivity index (χ1n) is 5.06. The molecule has 0 aliphatic heterocycles. The summed E-state index contributed by atoms with van der Waals surface area (Å²) in [6.45, 7) is 4.92. The number of aliphatic carboxylic acids is 1. The van der Waals surface area contributed by atoms with Gasteiger partial charge in [-0.15, -0.1) is 0 Å². The van der Waals surface area contributed by atoms with Gasteiger partial charge in [0.05, 0.1) is 15.9 Å². The lowest BCUT2D eigenvalue weighted by atomic mass is 10.1. The molecular weight excluding hydrogens is 216 g/mol. The third-order valence-corrected chi connectivity index (χ3v) is 5.70. The largest absolute Gasteiger partial charge is 0.481 e.